The third-order valence-electron chi connectivity index (χ3n) is 9.50. The fraction of sp³-hybridized carbons (Fsp3) is 0. The van der Waals surface area contributed by atoms with Crippen molar-refractivity contribution in [1.29, 1.82) is 0 Å². The minimum atomic E-state index is 0.719. The zero-order valence-electron chi connectivity index (χ0n) is 27.4. The summed E-state index contributed by atoms with van der Waals surface area (Å²) in [6, 6.07) is 68.7. The summed E-state index contributed by atoms with van der Waals surface area (Å²) in [6.45, 7) is 0. The van der Waals surface area contributed by atoms with E-state index in [0.29, 0.717) is 0 Å². The van der Waals surface area contributed by atoms with Crippen LogP contribution >= 0.6 is 0 Å². The number of aromatic nitrogens is 2. The molecular formula is C48H32N2. The third kappa shape index (κ3) is 5.53. The molecule has 0 amide bonds. The highest BCUT2D eigenvalue weighted by molar-refractivity contribution is 6.12. The van der Waals surface area contributed by atoms with Gasteiger partial charge in [-0.05, 0) is 73.5 Å². The average Bonchev–Trinajstić information content (AvgIpc) is 3.21. The Balaban J connectivity index is 1.14. The van der Waals surface area contributed by atoms with Crippen molar-refractivity contribution < 1.29 is 0 Å². The van der Waals surface area contributed by atoms with Crippen LogP contribution in [0.2, 0.25) is 0 Å². The summed E-state index contributed by atoms with van der Waals surface area (Å²) in [4.78, 5) is 10.5. The highest BCUT2D eigenvalue weighted by atomic mass is 14.9. The van der Waals surface area contributed by atoms with Crippen LogP contribution in [0.1, 0.15) is 0 Å². The first kappa shape index (κ1) is 29.5. The topological polar surface area (TPSA) is 25.8 Å². The van der Waals surface area contributed by atoms with Crippen molar-refractivity contribution in [1.82, 2.24) is 9.97 Å². The van der Waals surface area contributed by atoms with Crippen LogP contribution < -0.4 is 0 Å². The molecule has 0 N–H and O–H groups in total. The van der Waals surface area contributed by atoms with Gasteiger partial charge < -0.3 is 0 Å². The summed E-state index contributed by atoms with van der Waals surface area (Å²) in [5.74, 6) is 0.719. The van der Waals surface area contributed by atoms with Crippen LogP contribution in [0.4, 0.5) is 0 Å². The maximum Gasteiger partial charge on any atom is 0.161 e. The van der Waals surface area contributed by atoms with Gasteiger partial charge in [-0.1, -0.05) is 176 Å². The molecule has 1 heterocycles. The lowest BCUT2D eigenvalue weighted by Crippen LogP contribution is -1.97. The Kier molecular flexibility index (Phi) is 7.53. The van der Waals surface area contributed by atoms with Crippen molar-refractivity contribution >= 4 is 21.7 Å². The SMILES string of the molecule is c1ccc(-c2cccc(-c3cccc(-c4ccc(-c5nc(-c6ccccc6-c6ccccc6)nc6ccc7ccccc7c56)cc4)c3)c2)cc1. The largest absolute Gasteiger partial charge is 0.228 e. The molecule has 1 aromatic heterocycles. The summed E-state index contributed by atoms with van der Waals surface area (Å²) in [7, 11) is 0. The molecule has 0 atom stereocenters. The zero-order valence-corrected chi connectivity index (χ0v) is 27.4. The van der Waals surface area contributed by atoms with Crippen molar-refractivity contribution in [3.63, 3.8) is 0 Å². The summed E-state index contributed by atoms with van der Waals surface area (Å²) in [6.07, 6.45) is 0. The number of rotatable bonds is 6. The van der Waals surface area contributed by atoms with Crippen LogP contribution in [-0.4, -0.2) is 9.97 Å². The van der Waals surface area contributed by atoms with E-state index in [0.717, 1.165) is 55.6 Å². The van der Waals surface area contributed by atoms with Crippen LogP contribution in [-0.2, 0) is 0 Å². The molecule has 9 rings (SSSR count). The molecule has 0 aliphatic heterocycles. The number of fused-ring (bicyclic) bond motifs is 3. The van der Waals surface area contributed by atoms with E-state index in [9.17, 15) is 0 Å². The number of benzene rings is 8. The molecule has 0 radical (unpaired) electrons. The zero-order chi connectivity index (χ0) is 33.3. The van der Waals surface area contributed by atoms with Crippen molar-refractivity contribution in [2.45, 2.75) is 0 Å². The Morgan fingerprint density at radius 2 is 0.800 bits per heavy atom. The molecule has 0 fully saturated rings. The van der Waals surface area contributed by atoms with E-state index in [4.69, 9.17) is 9.97 Å². The molecule has 50 heavy (non-hydrogen) atoms. The first-order valence-corrected chi connectivity index (χ1v) is 17.0. The highest BCUT2D eigenvalue weighted by Gasteiger charge is 2.17. The van der Waals surface area contributed by atoms with Gasteiger partial charge in [-0.3, -0.25) is 0 Å². The van der Waals surface area contributed by atoms with Gasteiger partial charge in [0.1, 0.15) is 0 Å². The van der Waals surface area contributed by atoms with Crippen LogP contribution in [0, 0.1) is 0 Å². The Labute approximate surface area is 292 Å². The molecule has 0 saturated carbocycles. The molecule has 0 spiro atoms. The fourth-order valence-electron chi connectivity index (χ4n) is 6.99. The summed E-state index contributed by atoms with van der Waals surface area (Å²) < 4.78 is 0. The molecule has 0 saturated heterocycles. The molecule has 2 nitrogen and oxygen atoms in total. The average molecular weight is 637 g/mol. The second kappa shape index (κ2) is 12.8. The van der Waals surface area contributed by atoms with Crippen LogP contribution in [0.25, 0.3) is 88.8 Å². The molecule has 2 heteroatoms. The second-order valence-corrected chi connectivity index (χ2v) is 12.6. The Morgan fingerprint density at radius 1 is 0.300 bits per heavy atom. The van der Waals surface area contributed by atoms with Gasteiger partial charge in [-0.25, -0.2) is 9.97 Å². The van der Waals surface area contributed by atoms with E-state index in [1.54, 1.807) is 0 Å². The van der Waals surface area contributed by atoms with Gasteiger partial charge in [-0.15, -0.1) is 0 Å². The molecule has 0 bridgehead atoms. The van der Waals surface area contributed by atoms with E-state index in [-0.39, 0.29) is 0 Å². The van der Waals surface area contributed by atoms with Gasteiger partial charge in [0.2, 0.25) is 0 Å². The number of hydrogen-bond donors (Lipinski definition) is 0. The minimum absolute atomic E-state index is 0.719. The lowest BCUT2D eigenvalue weighted by Gasteiger charge is -2.14. The van der Waals surface area contributed by atoms with Crippen LogP contribution in [0.5, 0.6) is 0 Å². The number of nitrogens with zero attached hydrogens (tertiary/aromatic N) is 2. The van der Waals surface area contributed by atoms with Crippen LogP contribution in [0.3, 0.4) is 0 Å². The monoisotopic (exact) mass is 636 g/mol. The maximum absolute atomic E-state index is 5.36. The van der Waals surface area contributed by atoms with E-state index in [1.165, 1.54) is 33.2 Å². The Bertz CT molecular complexity index is 2620. The van der Waals surface area contributed by atoms with Crippen molar-refractivity contribution in [3.05, 3.63) is 194 Å². The second-order valence-electron chi connectivity index (χ2n) is 12.6. The summed E-state index contributed by atoms with van der Waals surface area (Å²) in [5, 5.41) is 3.39. The van der Waals surface area contributed by atoms with Gasteiger partial charge in [0.25, 0.3) is 0 Å². The quantitative estimate of drug-likeness (QED) is 0.170. The lowest BCUT2D eigenvalue weighted by molar-refractivity contribution is 1.23. The molecule has 0 aliphatic carbocycles. The van der Waals surface area contributed by atoms with Crippen molar-refractivity contribution in [3.8, 4) is 67.2 Å². The fourth-order valence-corrected chi connectivity index (χ4v) is 6.99. The van der Waals surface area contributed by atoms with E-state index >= 15 is 0 Å². The third-order valence-corrected chi connectivity index (χ3v) is 9.50. The molecule has 234 valence electrons. The molecule has 0 unspecified atom stereocenters. The standard InChI is InChI=1S/C48H32N2/c1-3-13-33(14-4-1)38-18-11-20-40(31-38)41-21-12-19-39(32-41)34-25-27-37(28-26-34)47-46-43-23-8-7-17-36(43)29-30-45(46)49-48(50-47)44-24-10-9-22-42(44)35-15-5-2-6-16-35/h1-32H. The number of hydrogen-bond acceptors (Lipinski definition) is 2. The van der Waals surface area contributed by atoms with Gasteiger partial charge >= 0.3 is 0 Å². The molecular weight excluding hydrogens is 605 g/mol. The van der Waals surface area contributed by atoms with E-state index in [2.05, 4.69) is 188 Å². The minimum Gasteiger partial charge on any atom is -0.228 e. The van der Waals surface area contributed by atoms with Gasteiger partial charge in [-0.2, -0.15) is 0 Å². The van der Waals surface area contributed by atoms with Gasteiger partial charge in [0, 0.05) is 16.5 Å². The maximum atomic E-state index is 5.36. The van der Waals surface area contributed by atoms with Gasteiger partial charge in [0.05, 0.1) is 11.2 Å². The highest BCUT2D eigenvalue weighted by Crippen LogP contribution is 2.38. The molecule has 8 aromatic carbocycles. The first-order valence-electron chi connectivity index (χ1n) is 17.0. The predicted octanol–water partition coefficient (Wildman–Crippen LogP) is 12.8. The molecule has 0 aliphatic rings. The normalized spacial score (nSPS) is 11.2. The summed E-state index contributed by atoms with van der Waals surface area (Å²) >= 11 is 0. The lowest BCUT2D eigenvalue weighted by atomic mass is 9.95. The Hall–Kier alpha value is -6.64. The predicted molar refractivity (Wildman–Crippen MR) is 210 cm³/mol. The Morgan fingerprint density at radius 3 is 1.48 bits per heavy atom. The smallest absolute Gasteiger partial charge is 0.161 e. The first-order chi connectivity index (χ1) is 24.8. The van der Waals surface area contributed by atoms with Crippen LogP contribution in [0.15, 0.2) is 194 Å². The van der Waals surface area contributed by atoms with Crippen molar-refractivity contribution in [2.24, 2.45) is 0 Å². The van der Waals surface area contributed by atoms with Crippen molar-refractivity contribution in [2.75, 3.05) is 0 Å². The van der Waals surface area contributed by atoms with E-state index in [1.807, 2.05) is 6.07 Å². The molecule has 9 aromatic rings. The van der Waals surface area contributed by atoms with Gasteiger partial charge in [0.15, 0.2) is 5.82 Å². The van der Waals surface area contributed by atoms with E-state index < -0.39 is 0 Å². The summed E-state index contributed by atoms with van der Waals surface area (Å²) in [5.41, 5.74) is 13.4.